The maximum Gasteiger partial charge on any atom is 0.437 e. The molecular weight excluding hydrogens is 234 g/mol. The van der Waals surface area contributed by atoms with E-state index in [1.165, 1.54) is 4.68 Å². The van der Waals surface area contributed by atoms with Gasteiger partial charge in [0.2, 0.25) is 11.8 Å². The molecule has 1 atom stereocenters. The summed E-state index contributed by atoms with van der Waals surface area (Å²) in [5.41, 5.74) is 0. The van der Waals surface area contributed by atoms with Gasteiger partial charge < -0.3 is 9.32 Å². The fourth-order valence-electron chi connectivity index (χ4n) is 2.27. The Labute approximate surface area is 106 Å². The molecule has 0 spiro atoms. The average Bonchev–Trinajstić information content (AvgIpc) is 2.83. The lowest BCUT2D eigenvalue weighted by Crippen LogP contribution is -2.36. The van der Waals surface area contributed by atoms with Crippen molar-refractivity contribution in [1.82, 2.24) is 14.7 Å². The van der Waals surface area contributed by atoms with E-state index in [0.717, 1.165) is 6.42 Å². The van der Waals surface area contributed by atoms with Gasteiger partial charge in [-0.2, -0.15) is 4.68 Å². The average molecular weight is 253 g/mol. The van der Waals surface area contributed by atoms with E-state index in [1.54, 1.807) is 4.90 Å². The second-order valence-electron chi connectivity index (χ2n) is 4.89. The van der Waals surface area contributed by atoms with Crippen LogP contribution in [0.25, 0.3) is 0 Å². The molecule has 0 N–H and O–H groups in total. The highest BCUT2D eigenvalue weighted by molar-refractivity contribution is 5.82. The Morgan fingerprint density at radius 1 is 1.44 bits per heavy atom. The first kappa shape index (κ1) is 12.9. The number of rotatable bonds is 4. The van der Waals surface area contributed by atoms with Crippen LogP contribution in [0, 0.1) is 0 Å². The zero-order chi connectivity index (χ0) is 13.3. The summed E-state index contributed by atoms with van der Waals surface area (Å²) in [6.45, 7) is 6.59. The van der Waals surface area contributed by atoms with Gasteiger partial charge in [0.1, 0.15) is 6.04 Å². The van der Waals surface area contributed by atoms with E-state index in [4.69, 9.17) is 4.42 Å². The van der Waals surface area contributed by atoms with Crippen LogP contribution in [0.1, 0.15) is 45.5 Å². The molecule has 2 heterocycles. The van der Waals surface area contributed by atoms with Crippen LogP contribution in [0.15, 0.2) is 9.21 Å². The van der Waals surface area contributed by atoms with Gasteiger partial charge in [0.25, 0.3) is 0 Å². The highest BCUT2D eigenvalue weighted by atomic mass is 16.4. The first-order chi connectivity index (χ1) is 8.54. The highest BCUT2D eigenvalue weighted by Crippen LogP contribution is 2.23. The Bertz CT molecular complexity index is 489. The number of hydrogen-bond acceptors (Lipinski definition) is 4. The number of aryl methyl sites for hydroxylation is 1. The lowest BCUT2D eigenvalue weighted by molar-refractivity contribution is -0.132. The van der Waals surface area contributed by atoms with Gasteiger partial charge in [0.15, 0.2) is 0 Å². The third-order valence-electron chi connectivity index (χ3n) is 3.21. The Balaban J connectivity index is 2.23. The van der Waals surface area contributed by atoms with Crippen molar-refractivity contribution in [3.8, 4) is 0 Å². The zero-order valence-electron chi connectivity index (χ0n) is 11.0. The van der Waals surface area contributed by atoms with Crippen LogP contribution in [0.5, 0.6) is 0 Å². The summed E-state index contributed by atoms with van der Waals surface area (Å²) in [4.78, 5) is 25.6. The van der Waals surface area contributed by atoms with Crippen molar-refractivity contribution < 1.29 is 9.21 Å². The zero-order valence-corrected chi connectivity index (χ0v) is 11.0. The Morgan fingerprint density at radius 3 is 2.72 bits per heavy atom. The largest absolute Gasteiger partial charge is 0.437 e. The van der Waals surface area contributed by atoms with E-state index in [0.29, 0.717) is 25.3 Å². The van der Waals surface area contributed by atoms with Gasteiger partial charge in [-0.15, -0.1) is 5.10 Å². The van der Waals surface area contributed by atoms with Crippen LogP contribution in [0.2, 0.25) is 0 Å². The number of carbonyl (C=O) groups is 1. The van der Waals surface area contributed by atoms with Crippen LogP contribution in [0.3, 0.4) is 0 Å². The van der Waals surface area contributed by atoms with Crippen LogP contribution in [-0.4, -0.2) is 33.2 Å². The normalized spacial score (nSPS) is 20.1. The molecule has 0 bridgehead atoms. The third-order valence-corrected chi connectivity index (χ3v) is 3.21. The van der Waals surface area contributed by atoms with E-state index in [9.17, 15) is 9.59 Å². The monoisotopic (exact) mass is 253 g/mol. The molecule has 2 rings (SSSR count). The molecule has 6 heteroatoms. The van der Waals surface area contributed by atoms with Crippen molar-refractivity contribution in [3.63, 3.8) is 0 Å². The molecule has 1 aliphatic rings. The van der Waals surface area contributed by atoms with Crippen LogP contribution in [0.4, 0.5) is 0 Å². The Morgan fingerprint density at radius 2 is 2.17 bits per heavy atom. The summed E-state index contributed by atoms with van der Waals surface area (Å²) in [5.74, 6) is -0.149. The molecule has 100 valence electrons. The van der Waals surface area contributed by atoms with E-state index in [2.05, 4.69) is 5.10 Å². The lowest BCUT2D eigenvalue weighted by atomic mass is 10.2. The number of aromatic nitrogens is 2. The number of hydrogen-bond donors (Lipinski definition) is 0. The first-order valence-corrected chi connectivity index (χ1v) is 6.43. The standard InChI is InChI=1S/C12H19N3O3/c1-4-5-10-13-15(12(17)18-10)9-6-7-14(8(2)3)11(9)16/h8-9H,4-7H2,1-3H3/t9-/m0/s1. The summed E-state index contributed by atoms with van der Waals surface area (Å²) in [5, 5.41) is 4.12. The number of likely N-dealkylation sites (tertiary alicyclic amines) is 1. The summed E-state index contributed by atoms with van der Waals surface area (Å²) in [6.07, 6.45) is 2.10. The van der Waals surface area contributed by atoms with Gasteiger partial charge in [-0.3, -0.25) is 4.79 Å². The smallest absolute Gasteiger partial charge is 0.392 e. The van der Waals surface area contributed by atoms with Crippen LogP contribution < -0.4 is 5.76 Å². The maximum atomic E-state index is 12.2. The SMILES string of the molecule is CCCc1nn([C@H]2CCN(C(C)C)C2=O)c(=O)o1. The molecule has 1 aliphatic heterocycles. The van der Waals surface area contributed by atoms with Gasteiger partial charge >= 0.3 is 5.76 Å². The Kier molecular flexibility index (Phi) is 3.54. The van der Waals surface area contributed by atoms with Gasteiger partial charge in [0.05, 0.1) is 0 Å². The number of amides is 1. The topological polar surface area (TPSA) is 68.3 Å². The van der Waals surface area contributed by atoms with Gasteiger partial charge in [-0.25, -0.2) is 4.79 Å². The van der Waals surface area contributed by atoms with Gasteiger partial charge in [-0.05, 0) is 26.7 Å². The van der Waals surface area contributed by atoms with E-state index in [1.807, 2.05) is 20.8 Å². The van der Waals surface area contributed by atoms with Gasteiger partial charge in [-0.1, -0.05) is 6.92 Å². The molecule has 1 fully saturated rings. The summed E-state index contributed by atoms with van der Waals surface area (Å²) in [6, 6.07) is -0.338. The summed E-state index contributed by atoms with van der Waals surface area (Å²) < 4.78 is 6.24. The van der Waals surface area contributed by atoms with E-state index >= 15 is 0 Å². The molecule has 6 nitrogen and oxygen atoms in total. The molecule has 18 heavy (non-hydrogen) atoms. The first-order valence-electron chi connectivity index (χ1n) is 6.43. The van der Waals surface area contributed by atoms with Crippen LogP contribution in [-0.2, 0) is 11.2 Å². The van der Waals surface area contributed by atoms with Crippen molar-refractivity contribution in [2.75, 3.05) is 6.54 Å². The van der Waals surface area contributed by atoms with E-state index in [-0.39, 0.29) is 11.9 Å². The highest BCUT2D eigenvalue weighted by Gasteiger charge is 2.36. The Hall–Kier alpha value is -1.59. The van der Waals surface area contributed by atoms with Crippen molar-refractivity contribution in [2.45, 2.75) is 52.1 Å². The van der Waals surface area contributed by atoms with Crippen molar-refractivity contribution >= 4 is 5.91 Å². The molecule has 0 aromatic carbocycles. The third kappa shape index (κ3) is 2.19. The second-order valence-corrected chi connectivity index (χ2v) is 4.89. The number of nitrogens with zero attached hydrogens (tertiary/aromatic N) is 3. The molecule has 0 aliphatic carbocycles. The molecule has 0 radical (unpaired) electrons. The predicted octanol–water partition coefficient (Wildman–Crippen LogP) is 0.971. The molecule has 1 aromatic heterocycles. The molecule has 0 saturated carbocycles. The number of carbonyl (C=O) groups excluding carboxylic acids is 1. The molecule has 1 aromatic rings. The van der Waals surface area contributed by atoms with Crippen molar-refractivity contribution in [2.24, 2.45) is 0 Å². The minimum Gasteiger partial charge on any atom is -0.392 e. The second kappa shape index (κ2) is 4.96. The predicted molar refractivity (Wildman–Crippen MR) is 65.3 cm³/mol. The van der Waals surface area contributed by atoms with Crippen molar-refractivity contribution in [1.29, 1.82) is 0 Å². The van der Waals surface area contributed by atoms with Crippen molar-refractivity contribution in [3.05, 3.63) is 16.4 Å². The summed E-state index contributed by atoms with van der Waals surface area (Å²) >= 11 is 0. The fraction of sp³-hybridized carbons (Fsp3) is 0.750. The van der Waals surface area contributed by atoms with Crippen LogP contribution >= 0.6 is 0 Å². The molecule has 1 amide bonds. The summed E-state index contributed by atoms with van der Waals surface area (Å²) in [7, 11) is 0. The molecule has 1 saturated heterocycles. The lowest BCUT2D eigenvalue weighted by Gasteiger charge is -2.20. The maximum absolute atomic E-state index is 12.2. The van der Waals surface area contributed by atoms with Gasteiger partial charge in [0, 0.05) is 19.0 Å². The fourth-order valence-corrected chi connectivity index (χ4v) is 2.27. The minimum absolute atomic E-state index is 0.0385. The molecular formula is C12H19N3O3. The minimum atomic E-state index is -0.526. The van der Waals surface area contributed by atoms with E-state index < -0.39 is 11.8 Å². The quantitative estimate of drug-likeness (QED) is 0.801. The molecule has 0 unspecified atom stereocenters.